The van der Waals surface area contributed by atoms with Crippen LogP contribution in [0, 0.1) is 17.3 Å². The predicted molar refractivity (Wildman–Crippen MR) is 146 cm³/mol. The molecule has 3 atom stereocenters. The van der Waals surface area contributed by atoms with E-state index in [-0.39, 0.29) is 11.7 Å². The minimum Gasteiger partial charge on any atom is -0.468 e. The first-order chi connectivity index (χ1) is 17.8. The molecule has 0 saturated heterocycles. The first kappa shape index (κ1) is 26.6. The van der Waals surface area contributed by atoms with Crippen molar-refractivity contribution in [3.63, 3.8) is 0 Å². The molecule has 0 N–H and O–H groups in total. The fraction of sp³-hybridized carbons (Fsp3) is 0.333. The van der Waals surface area contributed by atoms with Gasteiger partial charge in [-0.3, -0.25) is 9.59 Å². The van der Waals surface area contributed by atoms with E-state index in [0.29, 0.717) is 19.4 Å². The number of rotatable bonds is 9. The molecule has 1 aliphatic carbocycles. The van der Waals surface area contributed by atoms with Crippen molar-refractivity contribution in [3.05, 3.63) is 120 Å². The highest BCUT2D eigenvalue weighted by atomic mass is 16.5. The molecular weight excluding hydrogens is 460 g/mol. The van der Waals surface area contributed by atoms with Crippen molar-refractivity contribution in [2.24, 2.45) is 17.3 Å². The molecule has 0 aliphatic heterocycles. The fourth-order valence-electron chi connectivity index (χ4n) is 5.70. The number of carbonyl (C=O) groups excluding carboxylic acids is 2. The number of carbonyl (C=O) groups is 2. The molecule has 0 spiro atoms. The van der Waals surface area contributed by atoms with Crippen LogP contribution in [0.2, 0.25) is 0 Å². The van der Waals surface area contributed by atoms with E-state index >= 15 is 0 Å². The Hall–Kier alpha value is -3.50. The van der Waals surface area contributed by atoms with Gasteiger partial charge in [0.25, 0.3) is 0 Å². The Morgan fingerprint density at radius 1 is 0.919 bits per heavy atom. The van der Waals surface area contributed by atoms with Crippen molar-refractivity contribution in [2.75, 3.05) is 13.7 Å². The Balaban J connectivity index is 1.69. The van der Waals surface area contributed by atoms with E-state index in [9.17, 15) is 9.59 Å². The zero-order valence-corrected chi connectivity index (χ0v) is 22.0. The maximum atomic E-state index is 13.7. The molecule has 0 heterocycles. The molecule has 0 bridgehead atoms. The molecule has 3 aromatic carbocycles. The molecule has 1 fully saturated rings. The fourth-order valence-corrected chi connectivity index (χ4v) is 5.70. The van der Waals surface area contributed by atoms with Crippen molar-refractivity contribution in [1.29, 1.82) is 0 Å². The van der Waals surface area contributed by atoms with E-state index in [0.717, 1.165) is 28.7 Å². The Morgan fingerprint density at radius 2 is 1.38 bits per heavy atom. The number of allylic oxidation sites excluding steroid dienone is 1. The second-order valence-electron chi connectivity index (χ2n) is 10.3. The topological polar surface area (TPSA) is 52.6 Å². The molecule has 1 aliphatic rings. The van der Waals surface area contributed by atoms with Gasteiger partial charge in [0.1, 0.15) is 11.5 Å². The molecule has 4 nitrogen and oxygen atoms in total. The number of ether oxygens (including phenoxy) is 2. The lowest BCUT2D eigenvalue weighted by molar-refractivity contribution is -0.158. The summed E-state index contributed by atoms with van der Waals surface area (Å²) in [5.41, 5.74) is 2.35. The van der Waals surface area contributed by atoms with E-state index in [1.165, 1.54) is 7.11 Å². The van der Waals surface area contributed by atoms with Gasteiger partial charge in [-0.15, -0.1) is 0 Å². The van der Waals surface area contributed by atoms with Crippen LogP contribution in [-0.4, -0.2) is 25.5 Å². The number of hydrogen-bond acceptors (Lipinski definition) is 4. The Labute approximate surface area is 220 Å². The first-order valence-corrected chi connectivity index (χ1v) is 12.9. The van der Waals surface area contributed by atoms with Gasteiger partial charge in [-0.05, 0) is 48.8 Å². The summed E-state index contributed by atoms with van der Waals surface area (Å²) in [7, 11) is 1.34. The highest BCUT2D eigenvalue weighted by molar-refractivity contribution is 6.03. The summed E-state index contributed by atoms with van der Waals surface area (Å²) in [4.78, 5) is 26.4. The maximum Gasteiger partial charge on any atom is 0.316 e. The second kappa shape index (κ2) is 11.3. The van der Waals surface area contributed by atoms with Gasteiger partial charge < -0.3 is 9.47 Å². The third-order valence-electron chi connectivity index (χ3n) is 7.89. The highest BCUT2D eigenvalue weighted by Crippen LogP contribution is 2.46. The molecule has 1 saturated carbocycles. The molecule has 0 radical (unpaired) electrons. The van der Waals surface area contributed by atoms with Gasteiger partial charge in [0.05, 0.1) is 7.11 Å². The summed E-state index contributed by atoms with van der Waals surface area (Å²) in [6.07, 6.45) is 1.89. The molecule has 192 valence electrons. The van der Waals surface area contributed by atoms with Crippen molar-refractivity contribution in [2.45, 2.75) is 38.7 Å². The average molecular weight is 497 g/mol. The summed E-state index contributed by atoms with van der Waals surface area (Å²) < 4.78 is 11.9. The van der Waals surface area contributed by atoms with Gasteiger partial charge in [-0.25, -0.2) is 0 Å². The smallest absolute Gasteiger partial charge is 0.316 e. The van der Waals surface area contributed by atoms with Crippen molar-refractivity contribution >= 4 is 11.8 Å². The number of esters is 1. The van der Waals surface area contributed by atoms with E-state index < -0.39 is 22.9 Å². The Kier molecular flexibility index (Phi) is 8.09. The quantitative estimate of drug-likeness (QED) is 0.143. The monoisotopic (exact) mass is 496 g/mol. The average Bonchev–Trinajstić information content (AvgIpc) is 2.93. The molecule has 0 aromatic heterocycles. The van der Waals surface area contributed by atoms with Gasteiger partial charge >= 0.3 is 5.97 Å². The predicted octanol–water partition coefficient (Wildman–Crippen LogP) is 6.74. The zero-order chi connectivity index (χ0) is 26.5. The summed E-state index contributed by atoms with van der Waals surface area (Å²) in [6, 6.07) is 30.6. The van der Waals surface area contributed by atoms with Gasteiger partial charge in [0.2, 0.25) is 0 Å². The van der Waals surface area contributed by atoms with Crippen LogP contribution < -0.4 is 0 Å². The van der Waals surface area contributed by atoms with Crippen LogP contribution in [0.4, 0.5) is 0 Å². The molecule has 37 heavy (non-hydrogen) atoms. The Morgan fingerprint density at radius 3 is 1.78 bits per heavy atom. The third kappa shape index (κ3) is 5.17. The van der Waals surface area contributed by atoms with Crippen molar-refractivity contribution in [1.82, 2.24) is 0 Å². The number of benzene rings is 3. The number of methoxy groups -OCH3 is 1. The standard InChI is InChI=1S/C33H36O4/c1-24(2)28-20-21-32(3,30(34)29(28)31(35)36-4)22-23-37-33(25-14-8-5-9-15-25,26-16-10-6-11-17-26)27-18-12-7-13-19-27/h5-19,28-29H,1,20-23H2,2-4H3/t28-,29?,32-/m0/s1. The lowest BCUT2D eigenvalue weighted by atomic mass is 9.62. The minimum atomic E-state index is -0.847. The summed E-state index contributed by atoms with van der Waals surface area (Å²) >= 11 is 0. The molecule has 3 aromatic rings. The van der Waals surface area contributed by atoms with Crippen LogP contribution in [0.1, 0.15) is 49.8 Å². The molecular formula is C33H36O4. The second-order valence-corrected chi connectivity index (χ2v) is 10.3. The van der Waals surface area contributed by atoms with Crippen LogP contribution in [-0.2, 0) is 24.7 Å². The van der Waals surface area contributed by atoms with Crippen LogP contribution in [0.3, 0.4) is 0 Å². The first-order valence-electron chi connectivity index (χ1n) is 12.9. The minimum absolute atomic E-state index is 0.0769. The molecule has 1 unspecified atom stereocenters. The van der Waals surface area contributed by atoms with Crippen LogP contribution in [0.25, 0.3) is 0 Å². The van der Waals surface area contributed by atoms with Gasteiger partial charge in [-0.2, -0.15) is 0 Å². The summed E-state index contributed by atoms with van der Waals surface area (Å²) in [5.74, 6) is -1.56. The largest absolute Gasteiger partial charge is 0.468 e. The third-order valence-corrected chi connectivity index (χ3v) is 7.89. The van der Waals surface area contributed by atoms with Crippen LogP contribution >= 0.6 is 0 Å². The Bertz CT molecular complexity index is 1120. The molecule has 0 amide bonds. The van der Waals surface area contributed by atoms with Gasteiger partial charge in [-0.1, -0.05) is 110 Å². The van der Waals surface area contributed by atoms with Crippen molar-refractivity contribution in [3.8, 4) is 0 Å². The van der Waals surface area contributed by atoms with Crippen molar-refractivity contribution < 1.29 is 19.1 Å². The van der Waals surface area contributed by atoms with E-state index in [4.69, 9.17) is 9.47 Å². The lowest BCUT2D eigenvalue weighted by Gasteiger charge is -2.41. The van der Waals surface area contributed by atoms with E-state index in [2.05, 4.69) is 43.0 Å². The maximum absolute atomic E-state index is 13.7. The molecule has 4 rings (SSSR count). The highest BCUT2D eigenvalue weighted by Gasteiger charge is 2.49. The molecule has 4 heteroatoms. The number of hydrogen-bond donors (Lipinski definition) is 0. The summed E-state index contributed by atoms with van der Waals surface area (Å²) in [6.45, 7) is 8.22. The van der Waals surface area contributed by atoms with Gasteiger partial charge in [0, 0.05) is 12.0 Å². The lowest BCUT2D eigenvalue weighted by Crippen LogP contribution is -2.47. The zero-order valence-electron chi connectivity index (χ0n) is 22.0. The number of Topliss-reactive ketones (excluding diaryl/α,β-unsaturated/α-hetero) is 1. The normalized spacial score (nSPS) is 21.9. The van der Waals surface area contributed by atoms with Gasteiger partial charge in [0.15, 0.2) is 5.78 Å². The van der Waals surface area contributed by atoms with Crippen LogP contribution in [0.5, 0.6) is 0 Å². The SMILES string of the molecule is C=C(C)[C@@H]1CC[C@@](C)(CCOC(c2ccccc2)(c2ccccc2)c2ccccc2)C(=O)C1C(=O)OC. The van der Waals surface area contributed by atoms with Crippen LogP contribution in [0.15, 0.2) is 103 Å². The van der Waals surface area contributed by atoms with E-state index in [1.54, 1.807) is 0 Å². The van der Waals surface area contributed by atoms with E-state index in [1.807, 2.05) is 68.4 Å². The number of ketones is 1. The summed E-state index contributed by atoms with van der Waals surface area (Å²) in [5, 5.41) is 0.